The smallest absolute Gasteiger partial charge is 0.416 e. The molecular weight excluding hydrogens is 341 g/mol. The normalized spacial score (nSPS) is 11.5. The van der Waals surface area contributed by atoms with Crippen LogP contribution in [0.5, 0.6) is 0 Å². The highest BCUT2D eigenvalue weighted by Gasteiger charge is 2.32. The fourth-order valence-corrected chi connectivity index (χ4v) is 2.26. The number of nitrogens with one attached hydrogen (secondary N) is 2. The van der Waals surface area contributed by atoms with E-state index in [2.05, 4.69) is 25.8 Å². The van der Waals surface area contributed by atoms with Crippen molar-refractivity contribution in [1.82, 2.24) is 19.6 Å². The zero-order valence-electron chi connectivity index (χ0n) is 12.4. The summed E-state index contributed by atoms with van der Waals surface area (Å²) in [4.78, 5) is 14.7. The van der Waals surface area contributed by atoms with Gasteiger partial charge in [-0.3, -0.25) is 9.72 Å². The third-order valence-corrected chi connectivity index (χ3v) is 3.31. The van der Waals surface area contributed by atoms with Gasteiger partial charge in [-0.15, -0.1) is 10.2 Å². The second-order valence-electron chi connectivity index (χ2n) is 4.93. The minimum absolute atomic E-state index is 0.0437. The topological polar surface area (TPSA) is 104 Å². The van der Waals surface area contributed by atoms with E-state index < -0.39 is 17.8 Å². The number of fused-ring (bicyclic) bond motifs is 1. The second-order valence-corrected chi connectivity index (χ2v) is 4.93. The highest BCUT2D eigenvalue weighted by Crippen LogP contribution is 2.32. The molecule has 11 heteroatoms. The molecule has 25 heavy (non-hydrogen) atoms. The molecule has 0 aliphatic rings. The van der Waals surface area contributed by atoms with Crippen molar-refractivity contribution in [3.63, 3.8) is 0 Å². The zero-order chi connectivity index (χ0) is 18.0. The average Bonchev–Trinajstić information content (AvgIpc) is 2.95. The summed E-state index contributed by atoms with van der Waals surface area (Å²) in [5.74, 6) is 0.119. The number of halogens is 3. The van der Waals surface area contributed by atoms with Crippen LogP contribution in [0.15, 0.2) is 36.7 Å². The molecule has 0 radical (unpaired) electrons. The molecule has 0 unspecified atom stereocenters. The first kappa shape index (κ1) is 16.5. The molecule has 1 amide bonds. The Morgan fingerprint density at radius 3 is 2.72 bits per heavy atom. The Kier molecular flexibility index (Phi) is 4.13. The molecule has 3 N–H and O–H groups in total. The largest absolute Gasteiger partial charge is 0.465 e. The van der Waals surface area contributed by atoms with Gasteiger partial charge in [0.25, 0.3) is 0 Å². The van der Waals surface area contributed by atoms with E-state index in [1.54, 1.807) is 0 Å². The fourth-order valence-electron chi connectivity index (χ4n) is 2.26. The molecule has 0 aliphatic heterocycles. The lowest BCUT2D eigenvalue weighted by Crippen LogP contribution is -2.13. The number of hydrogen-bond donors (Lipinski definition) is 3. The number of rotatable bonds is 4. The summed E-state index contributed by atoms with van der Waals surface area (Å²) >= 11 is 0. The van der Waals surface area contributed by atoms with E-state index in [4.69, 9.17) is 5.11 Å². The van der Waals surface area contributed by atoms with Gasteiger partial charge >= 0.3 is 12.3 Å². The third kappa shape index (κ3) is 3.44. The fraction of sp³-hybridized carbons (Fsp3) is 0.143. The second kappa shape index (κ2) is 6.26. The van der Waals surface area contributed by atoms with Crippen LogP contribution in [0.4, 0.5) is 29.7 Å². The molecule has 0 saturated carbocycles. The Balaban J connectivity index is 1.88. The van der Waals surface area contributed by atoms with Crippen molar-refractivity contribution in [2.45, 2.75) is 12.7 Å². The van der Waals surface area contributed by atoms with Crippen LogP contribution in [0.3, 0.4) is 0 Å². The number of alkyl halides is 3. The molecule has 3 aromatic rings. The Hall–Kier alpha value is -3.37. The maximum Gasteiger partial charge on any atom is 0.416 e. The van der Waals surface area contributed by atoms with Gasteiger partial charge < -0.3 is 10.4 Å². The summed E-state index contributed by atoms with van der Waals surface area (Å²) < 4.78 is 40.4. The van der Waals surface area contributed by atoms with E-state index in [0.29, 0.717) is 0 Å². The van der Waals surface area contributed by atoms with Crippen molar-refractivity contribution >= 4 is 23.5 Å². The molecule has 8 nitrogen and oxygen atoms in total. The lowest BCUT2D eigenvalue weighted by atomic mass is 10.1. The molecule has 130 valence electrons. The molecule has 2 aromatic heterocycles. The van der Waals surface area contributed by atoms with Gasteiger partial charge in [-0.25, -0.2) is 9.78 Å². The predicted molar refractivity (Wildman–Crippen MR) is 81.2 cm³/mol. The summed E-state index contributed by atoms with van der Waals surface area (Å²) in [5.41, 5.74) is -0.526. The van der Waals surface area contributed by atoms with Crippen LogP contribution in [-0.4, -0.2) is 30.8 Å². The first-order valence-electron chi connectivity index (χ1n) is 6.95. The number of hydrogen-bond acceptors (Lipinski definition) is 5. The van der Waals surface area contributed by atoms with Crippen molar-refractivity contribution in [1.29, 1.82) is 0 Å². The molecule has 0 fully saturated rings. The van der Waals surface area contributed by atoms with Crippen molar-refractivity contribution in [2.75, 3.05) is 10.6 Å². The van der Waals surface area contributed by atoms with Crippen LogP contribution >= 0.6 is 0 Å². The van der Waals surface area contributed by atoms with E-state index in [1.807, 2.05) is 0 Å². The molecule has 2 heterocycles. The van der Waals surface area contributed by atoms with Crippen LogP contribution in [0.25, 0.3) is 5.65 Å². The Morgan fingerprint density at radius 1 is 1.24 bits per heavy atom. The average molecular weight is 352 g/mol. The van der Waals surface area contributed by atoms with Gasteiger partial charge in [-0.1, -0.05) is 18.2 Å². The Bertz CT molecular complexity index is 924. The summed E-state index contributed by atoms with van der Waals surface area (Å²) in [6.07, 6.45) is -3.01. The monoisotopic (exact) mass is 352 g/mol. The van der Waals surface area contributed by atoms with Crippen molar-refractivity contribution < 1.29 is 23.1 Å². The van der Waals surface area contributed by atoms with E-state index in [-0.39, 0.29) is 29.5 Å². The van der Waals surface area contributed by atoms with Crippen LogP contribution in [-0.2, 0) is 12.7 Å². The molecule has 0 bridgehead atoms. The van der Waals surface area contributed by atoms with E-state index in [1.165, 1.54) is 35.0 Å². The minimum Gasteiger partial charge on any atom is -0.465 e. The predicted octanol–water partition coefficient (Wildman–Crippen LogP) is 2.85. The molecule has 0 saturated heterocycles. The molecule has 1 aromatic carbocycles. The number of nitrogens with zero attached hydrogens (tertiary/aromatic N) is 4. The molecule has 0 aliphatic carbocycles. The first-order chi connectivity index (χ1) is 11.9. The molecule has 0 spiro atoms. The van der Waals surface area contributed by atoms with Crippen LogP contribution in [0.2, 0.25) is 0 Å². The van der Waals surface area contributed by atoms with Gasteiger partial charge in [0.15, 0.2) is 5.82 Å². The van der Waals surface area contributed by atoms with Gasteiger partial charge in [-0.05, 0) is 11.6 Å². The van der Waals surface area contributed by atoms with Crippen molar-refractivity contribution in [3.8, 4) is 0 Å². The molecular formula is C14H11F3N6O2. The Morgan fingerprint density at radius 2 is 2.00 bits per heavy atom. The van der Waals surface area contributed by atoms with Crippen LogP contribution < -0.4 is 10.6 Å². The minimum atomic E-state index is -4.47. The zero-order valence-corrected chi connectivity index (χ0v) is 12.4. The maximum absolute atomic E-state index is 13.0. The highest BCUT2D eigenvalue weighted by atomic mass is 19.4. The number of carbonyl (C=O) groups is 1. The molecule has 3 rings (SSSR count). The van der Waals surface area contributed by atoms with E-state index in [0.717, 1.165) is 6.07 Å². The van der Waals surface area contributed by atoms with Gasteiger partial charge in [0.1, 0.15) is 0 Å². The molecule has 0 atom stereocenters. The maximum atomic E-state index is 13.0. The van der Waals surface area contributed by atoms with Crippen molar-refractivity contribution in [2.24, 2.45) is 0 Å². The van der Waals surface area contributed by atoms with Gasteiger partial charge in [-0.2, -0.15) is 13.2 Å². The number of benzene rings is 1. The lowest BCUT2D eigenvalue weighted by molar-refractivity contribution is -0.138. The quantitative estimate of drug-likeness (QED) is 0.667. The summed E-state index contributed by atoms with van der Waals surface area (Å²) in [7, 11) is 0. The summed E-state index contributed by atoms with van der Waals surface area (Å²) in [6.45, 7) is -0.142. The Labute approximate surface area is 138 Å². The van der Waals surface area contributed by atoms with E-state index in [9.17, 15) is 18.0 Å². The van der Waals surface area contributed by atoms with Crippen LogP contribution in [0.1, 0.15) is 11.1 Å². The lowest BCUT2D eigenvalue weighted by Gasteiger charge is -2.13. The van der Waals surface area contributed by atoms with Gasteiger partial charge in [0.05, 0.1) is 5.56 Å². The van der Waals surface area contributed by atoms with Gasteiger partial charge in [0, 0.05) is 18.9 Å². The third-order valence-electron chi connectivity index (χ3n) is 3.31. The van der Waals surface area contributed by atoms with Crippen LogP contribution in [0, 0.1) is 0 Å². The van der Waals surface area contributed by atoms with Crippen molar-refractivity contribution in [3.05, 3.63) is 47.8 Å². The van der Waals surface area contributed by atoms with E-state index >= 15 is 0 Å². The SMILES string of the molecule is O=C(O)Nc1nnc2c(NCc3ccccc3C(F)(F)F)nccn12. The highest BCUT2D eigenvalue weighted by molar-refractivity contribution is 5.81. The summed E-state index contributed by atoms with van der Waals surface area (Å²) in [6, 6.07) is 5.17. The number of aromatic nitrogens is 4. The first-order valence-corrected chi connectivity index (χ1v) is 6.95. The number of amides is 1. The summed E-state index contributed by atoms with van der Waals surface area (Å²) in [5, 5.41) is 21.0. The number of anilines is 2. The van der Waals surface area contributed by atoms with Gasteiger partial charge in [0.2, 0.25) is 11.6 Å². The number of carboxylic acid groups (broad SMARTS) is 1. The standard InChI is InChI=1S/C14H11F3N6O2/c15-14(16,17)9-4-2-1-3-8(9)7-19-10-11-21-22-12(20-13(24)25)23(11)6-5-18-10/h1-6H,7H2,(H,18,19)(H,20,22)(H,24,25).